The quantitative estimate of drug-likeness (QED) is 0.739. The summed E-state index contributed by atoms with van der Waals surface area (Å²) in [6.45, 7) is 4.33. The van der Waals surface area contributed by atoms with Crippen molar-refractivity contribution in [2.45, 2.75) is 52.0 Å². The van der Waals surface area contributed by atoms with Gasteiger partial charge in [-0.3, -0.25) is 4.79 Å². The van der Waals surface area contributed by atoms with Crippen molar-refractivity contribution >= 4 is 23.1 Å². The molecule has 1 atom stereocenters. The van der Waals surface area contributed by atoms with E-state index in [1.54, 1.807) is 0 Å². The highest BCUT2D eigenvalue weighted by atomic mass is 32.1. The third kappa shape index (κ3) is 1.83. The highest BCUT2D eigenvalue weighted by molar-refractivity contribution is 7.80. The van der Waals surface area contributed by atoms with Crippen LogP contribution in [0.3, 0.4) is 0 Å². The van der Waals surface area contributed by atoms with E-state index in [1.807, 2.05) is 0 Å². The fourth-order valence-corrected chi connectivity index (χ4v) is 2.87. The van der Waals surface area contributed by atoms with Crippen molar-refractivity contribution in [3.8, 4) is 0 Å². The Morgan fingerprint density at radius 2 is 1.88 bits per heavy atom. The van der Waals surface area contributed by atoms with Gasteiger partial charge in [0.05, 0.1) is 10.4 Å². The van der Waals surface area contributed by atoms with Gasteiger partial charge in [0.15, 0.2) is 0 Å². The fraction of sp³-hybridized carbons (Fsp3) is 0.833. The molecule has 1 unspecified atom stereocenters. The Balaban J connectivity index is 2.04. The van der Waals surface area contributed by atoms with Crippen molar-refractivity contribution in [3.05, 3.63) is 0 Å². The van der Waals surface area contributed by atoms with Crippen molar-refractivity contribution < 1.29 is 4.79 Å². The predicted octanol–water partition coefficient (Wildman–Crippen LogP) is 1.75. The van der Waals surface area contributed by atoms with E-state index in [2.05, 4.69) is 19.2 Å². The minimum atomic E-state index is -0.548. The van der Waals surface area contributed by atoms with Gasteiger partial charge in [-0.15, -0.1) is 0 Å². The van der Waals surface area contributed by atoms with Gasteiger partial charge in [-0.05, 0) is 24.7 Å². The average molecular weight is 240 g/mol. The van der Waals surface area contributed by atoms with Crippen LogP contribution in [-0.4, -0.2) is 16.9 Å². The van der Waals surface area contributed by atoms with Crippen molar-refractivity contribution in [2.24, 2.45) is 16.6 Å². The first kappa shape index (κ1) is 11.8. The number of thiocarbonyl (C=S) groups is 1. The third-order valence-electron chi connectivity index (χ3n) is 4.18. The van der Waals surface area contributed by atoms with Crippen LogP contribution in [0.2, 0.25) is 0 Å². The normalized spacial score (nSPS) is 29.8. The van der Waals surface area contributed by atoms with E-state index in [-0.39, 0.29) is 11.3 Å². The molecule has 0 heterocycles. The molecule has 2 fully saturated rings. The maximum absolute atomic E-state index is 12.3. The SMILES string of the molecule is CC1(C)CC1NC(=O)C1(C(N)=S)CCCC1. The number of nitrogens with one attached hydrogen (secondary N) is 1. The molecule has 2 aliphatic carbocycles. The van der Waals surface area contributed by atoms with Gasteiger partial charge in [-0.2, -0.15) is 0 Å². The molecule has 3 N–H and O–H groups in total. The summed E-state index contributed by atoms with van der Waals surface area (Å²) in [6, 6.07) is 0.312. The lowest BCUT2D eigenvalue weighted by Crippen LogP contribution is -2.48. The Kier molecular flexibility index (Phi) is 2.73. The molecule has 0 spiro atoms. The van der Waals surface area contributed by atoms with Gasteiger partial charge in [0.25, 0.3) is 0 Å². The molecule has 0 aromatic rings. The number of hydrogen-bond donors (Lipinski definition) is 2. The summed E-state index contributed by atoms with van der Waals surface area (Å²) in [5.41, 5.74) is 5.48. The first-order valence-electron chi connectivity index (χ1n) is 5.99. The number of amides is 1. The standard InChI is InChI=1S/C12H20N2OS/c1-11(2)7-8(11)14-10(15)12(9(13)16)5-3-4-6-12/h8H,3-7H2,1-2H3,(H2,13,16)(H,14,15). The third-order valence-corrected chi connectivity index (χ3v) is 4.57. The van der Waals surface area contributed by atoms with E-state index in [9.17, 15) is 4.79 Å². The van der Waals surface area contributed by atoms with Gasteiger partial charge in [0, 0.05) is 6.04 Å². The molecule has 1 amide bonds. The van der Waals surface area contributed by atoms with Crippen molar-refractivity contribution in [2.75, 3.05) is 0 Å². The van der Waals surface area contributed by atoms with Crippen LogP contribution in [0.15, 0.2) is 0 Å². The van der Waals surface area contributed by atoms with E-state index in [0.29, 0.717) is 11.0 Å². The van der Waals surface area contributed by atoms with Crippen LogP contribution in [-0.2, 0) is 4.79 Å². The monoisotopic (exact) mass is 240 g/mol. The summed E-state index contributed by atoms with van der Waals surface area (Å²) in [5, 5.41) is 3.10. The Labute approximate surface area is 102 Å². The maximum atomic E-state index is 12.3. The summed E-state index contributed by atoms with van der Waals surface area (Å²) in [6.07, 6.45) is 4.81. The molecular formula is C12H20N2OS. The topological polar surface area (TPSA) is 55.1 Å². The zero-order valence-electron chi connectivity index (χ0n) is 10.0. The molecule has 0 aliphatic heterocycles. The molecule has 2 rings (SSSR count). The summed E-state index contributed by atoms with van der Waals surface area (Å²) < 4.78 is 0. The van der Waals surface area contributed by atoms with Gasteiger partial charge in [-0.1, -0.05) is 38.9 Å². The molecular weight excluding hydrogens is 220 g/mol. The van der Waals surface area contributed by atoms with Crippen LogP contribution in [0.25, 0.3) is 0 Å². The zero-order valence-corrected chi connectivity index (χ0v) is 10.8. The summed E-state index contributed by atoms with van der Waals surface area (Å²) in [7, 11) is 0. The molecule has 0 bridgehead atoms. The Morgan fingerprint density at radius 3 is 2.25 bits per heavy atom. The Bertz CT molecular complexity index is 332. The minimum Gasteiger partial charge on any atom is -0.392 e. The number of hydrogen-bond acceptors (Lipinski definition) is 2. The van der Waals surface area contributed by atoms with Gasteiger partial charge in [-0.25, -0.2) is 0 Å². The number of carbonyl (C=O) groups is 1. The molecule has 90 valence electrons. The van der Waals surface area contributed by atoms with Gasteiger partial charge >= 0.3 is 0 Å². The molecule has 16 heavy (non-hydrogen) atoms. The van der Waals surface area contributed by atoms with Crippen LogP contribution in [0.4, 0.5) is 0 Å². The molecule has 0 saturated heterocycles. The van der Waals surface area contributed by atoms with Crippen molar-refractivity contribution in [1.82, 2.24) is 5.32 Å². The zero-order chi connectivity index (χ0) is 12.0. The lowest BCUT2D eigenvalue weighted by atomic mass is 9.85. The smallest absolute Gasteiger partial charge is 0.233 e. The van der Waals surface area contributed by atoms with E-state index < -0.39 is 5.41 Å². The average Bonchev–Trinajstić information content (AvgIpc) is 2.68. The lowest BCUT2D eigenvalue weighted by Gasteiger charge is -2.26. The molecule has 0 aromatic heterocycles. The molecule has 4 heteroatoms. The van der Waals surface area contributed by atoms with Crippen LogP contribution in [0, 0.1) is 10.8 Å². The highest BCUT2D eigenvalue weighted by Crippen LogP contribution is 2.46. The first-order valence-corrected chi connectivity index (χ1v) is 6.40. The number of rotatable bonds is 3. The van der Waals surface area contributed by atoms with E-state index in [4.69, 9.17) is 18.0 Å². The van der Waals surface area contributed by atoms with Crippen LogP contribution < -0.4 is 11.1 Å². The second-order valence-electron chi connectivity index (χ2n) is 5.87. The Morgan fingerprint density at radius 1 is 1.38 bits per heavy atom. The fourth-order valence-electron chi connectivity index (χ4n) is 2.57. The lowest BCUT2D eigenvalue weighted by molar-refractivity contribution is -0.127. The number of carbonyl (C=O) groups excluding carboxylic acids is 1. The van der Waals surface area contributed by atoms with Gasteiger partial charge in [0.1, 0.15) is 0 Å². The number of nitrogens with two attached hydrogens (primary N) is 1. The van der Waals surface area contributed by atoms with Crippen LogP contribution >= 0.6 is 12.2 Å². The molecule has 0 aromatic carbocycles. The van der Waals surface area contributed by atoms with Crippen LogP contribution in [0.1, 0.15) is 46.0 Å². The summed E-state index contributed by atoms with van der Waals surface area (Å²) >= 11 is 5.09. The molecule has 2 aliphatic rings. The largest absolute Gasteiger partial charge is 0.392 e. The maximum Gasteiger partial charge on any atom is 0.233 e. The Hall–Kier alpha value is -0.640. The van der Waals surface area contributed by atoms with Gasteiger partial charge < -0.3 is 11.1 Å². The molecule has 0 radical (unpaired) electrons. The van der Waals surface area contributed by atoms with Crippen LogP contribution in [0.5, 0.6) is 0 Å². The van der Waals surface area contributed by atoms with Crippen molar-refractivity contribution in [1.29, 1.82) is 0 Å². The minimum absolute atomic E-state index is 0.0630. The van der Waals surface area contributed by atoms with Gasteiger partial charge in [0.2, 0.25) is 5.91 Å². The van der Waals surface area contributed by atoms with E-state index in [1.165, 1.54) is 0 Å². The molecule has 2 saturated carbocycles. The second-order valence-corrected chi connectivity index (χ2v) is 6.31. The summed E-state index contributed by atoms with van der Waals surface area (Å²) in [4.78, 5) is 12.6. The summed E-state index contributed by atoms with van der Waals surface area (Å²) in [5.74, 6) is 0.0630. The highest BCUT2D eigenvalue weighted by Gasteiger charge is 2.51. The van der Waals surface area contributed by atoms with E-state index >= 15 is 0 Å². The second kappa shape index (κ2) is 3.69. The predicted molar refractivity (Wildman–Crippen MR) is 68.0 cm³/mol. The van der Waals surface area contributed by atoms with E-state index in [0.717, 1.165) is 32.1 Å². The molecule has 3 nitrogen and oxygen atoms in total. The first-order chi connectivity index (χ1) is 7.38. The van der Waals surface area contributed by atoms with Crippen molar-refractivity contribution in [3.63, 3.8) is 0 Å².